The first kappa shape index (κ1) is 21.7. The molecule has 0 bridgehead atoms. The molecule has 0 aliphatic carbocycles. The van der Waals surface area contributed by atoms with Gasteiger partial charge in [0.05, 0.1) is 29.3 Å². The molecule has 156 valence electrons. The molecule has 0 unspecified atom stereocenters. The van der Waals surface area contributed by atoms with Gasteiger partial charge in [-0.25, -0.2) is 13.1 Å². The third kappa shape index (κ3) is 4.78. The summed E-state index contributed by atoms with van der Waals surface area (Å²) in [5.41, 5.74) is 0.279. The number of aromatic nitrogens is 2. The van der Waals surface area contributed by atoms with Crippen LogP contribution in [-0.2, 0) is 26.1 Å². The van der Waals surface area contributed by atoms with Gasteiger partial charge in [-0.3, -0.25) is 9.59 Å². The van der Waals surface area contributed by atoms with Crippen molar-refractivity contribution in [1.29, 1.82) is 0 Å². The number of sulfonamides is 1. The summed E-state index contributed by atoms with van der Waals surface area (Å²) in [5.74, 6) is -0.568. The smallest absolute Gasteiger partial charge is 0.287 e. The van der Waals surface area contributed by atoms with Gasteiger partial charge in [0.1, 0.15) is 11.6 Å². The number of benzene rings is 1. The highest BCUT2D eigenvalue weighted by atomic mass is 35.5. The molecular weight excluding hydrogens is 443 g/mol. The number of nitrogens with one attached hydrogen (secondary N) is 1. The quantitative estimate of drug-likeness (QED) is 0.723. The van der Waals surface area contributed by atoms with E-state index in [1.807, 2.05) is 0 Å². The Kier molecular flexibility index (Phi) is 6.59. The lowest BCUT2D eigenvalue weighted by atomic mass is 10.2. The van der Waals surface area contributed by atoms with E-state index in [2.05, 4.69) is 10.4 Å². The molecule has 0 saturated carbocycles. The first-order chi connectivity index (χ1) is 13.7. The third-order valence-electron chi connectivity index (χ3n) is 4.33. The fourth-order valence-electron chi connectivity index (χ4n) is 2.72. The second-order valence-electron chi connectivity index (χ2n) is 6.31. The van der Waals surface area contributed by atoms with Gasteiger partial charge in [-0.05, 0) is 24.6 Å². The van der Waals surface area contributed by atoms with E-state index in [-0.39, 0.29) is 28.0 Å². The summed E-state index contributed by atoms with van der Waals surface area (Å²) in [6.45, 7) is 2.52. The molecule has 3 rings (SSSR count). The lowest BCUT2D eigenvalue weighted by molar-refractivity contribution is -0.117. The average Bonchev–Trinajstić information content (AvgIpc) is 2.70. The number of carbonyl (C=O) groups excluding carboxylic acids is 1. The van der Waals surface area contributed by atoms with Crippen molar-refractivity contribution in [3.8, 4) is 0 Å². The van der Waals surface area contributed by atoms with Crippen molar-refractivity contribution in [3.05, 3.63) is 50.4 Å². The highest BCUT2D eigenvalue weighted by Gasteiger charge is 2.27. The maximum Gasteiger partial charge on any atom is 0.287 e. The molecule has 1 N–H and O–H groups in total. The maximum atomic E-state index is 12.8. The molecule has 2 heterocycles. The fraction of sp³-hybridized carbons (Fsp3) is 0.353. The standard InChI is InChI=1S/C17H18Cl2N4O5S/c1-11-2-3-12(29(26,27)22-4-6-28-7-5-22)8-14(11)21-15(24)10-23-17(25)16(19)13(18)9-20-23/h2-3,8-9H,4-7,10H2,1H3,(H,21,24). The van der Waals surface area contributed by atoms with Crippen LogP contribution in [-0.4, -0.2) is 54.7 Å². The zero-order chi connectivity index (χ0) is 21.2. The first-order valence-electron chi connectivity index (χ1n) is 8.59. The van der Waals surface area contributed by atoms with Crippen LogP contribution in [0.3, 0.4) is 0 Å². The molecule has 1 aliphatic rings. The zero-order valence-electron chi connectivity index (χ0n) is 15.4. The predicted molar refractivity (Wildman–Crippen MR) is 108 cm³/mol. The van der Waals surface area contributed by atoms with E-state index in [0.29, 0.717) is 24.5 Å². The number of hydrogen-bond acceptors (Lipinski definition) is 6. The van der Waals surface area contributed by atoms with Gasteiger partial charge in [-0.2, -0.15) is 9.40 Å². The second kappa shape index (κ2) is 8.80. The maximum absolute atomic E-state index is 12.8. The molecule has 1 fully saturated rings. The summed E-state index contributed by atoms with van der Waals surface area (Å²) in [5, 5.41) is 6.14. The van der Waals surface area contributed by atoms with Crippen molar-refractivity contribution in [2.45, 2.75) is 18.4 Å². The van der Waals surface area contributed by atoms with Gasteiger partial charge in [0, 0.05) is 18.8 Å². The predicted octanol–water partition coefficient (Wildman–Crippen LogP) is 1.52. The molecule has 1 aromatic carbocycles. The van der Waals surface area contributed by atoms with Gasteiger partial charge in [0.2, 0.25) is 15.9 Å². The second-order valence-corrected chi connectivity index (χ2v) is 9.03. The number of amides is 1. The molecule has 29 heavy (non-hydrogen) atoms. The Bertz CT molecular complexity index is 1100. The van der Waals surface area contributed by atoms with Crippen LogP contribution in [0.25, 0.3) is 0 Å². The largest absolute Gasteiger partial charge is 0.379 e. The molecule has 1 amide bonds. The molecule has 1 aromatic heterocycles. The van der Waals surface area contributed by atoms with E-state index in [1.54, 1.807) is 13.0 Å². The molecule has 1 saturated heterocycles. The number of hydrogen-bond donors (Lipinski definition) is 1. The van der Waals surface area contributed by atoms with E-state index < -0.39 is 28.0 Å². The van der Waals surface area contributed by atoms with Crippen LogP contribution >= 0.6 is 23.2 Å². The summed E-state index contributed by atoms with van der Waals surface area (Å²) >= 11 is 11.5. The van der Waals surface area contributed by atoms with E-state index >= 15 is 0 Å². The molecular formula is C17H18Cl2N4O5S. The van der Waals surface area contributed by atoms with Gasteiger partial charge >= 0.3 is 0 Å². The fourth-order valence-corrected chi connectivity index (χ4v) is 4.42. The number of carbonyl (C=O) groups is 1. The third-order valence-corrected chi connectivity index (χ3v) is 6.97. The zero-order valence-corrected chi connectivity index (χ0v) is 17.7. The van der Waals surface area contributed by atoms with Crippen molar-refractivity contribution >= 4 is 44.8 Å². The highest BCUT2D eigenvalue weighted by molar-refractivity contribution is 7.89. The Morgan fingerprint density at radius 3 is 2.66 bits per heavy atom. The summed E-state index contributed by atoms with van der Waals surface area (Å²) < 4.78 is 33.0. The molecule has 0 spiro atoms. The number of aryl methyl sites for hydroxylation is 1. The monoisotopic (exact) mass is 460 g/mol. The van der Waals surface area contributed by atoms with Gasteiger partial charge < -0.3 is 10.1 Å². The Balaban J connectivity index is 1.81. The normalized spacial score (nSPS) is 15.3. The number of nitrogens with zero attached hydrogens (tertiary/aromatic N) is 3. The van der Waals surface area contributed by atoms with Crippen molar-refractivity contribution in [2.75, 3.05) is 31.6 Å². The minimum atomic E-state index is -3.71. The number of halogens is 2. The molecule has 0 radical (unpaired) electrons. The summed E-state index contributed by atoms with van der Waals surface area (Å²) in [6.07, 6.45) is 1.17. The lowest BCUT2D eigenvalue weighted by Crippen LogP contribution is -2.40. The average molecular weight is 461 g/mol. The first-order valence-corrected chi connectivity index (χ1v) is 10.8. The van der Waals surface area contributed by atoms with Crippen molar-refractivity contribution < 1.29 is 17.9 Å². The van der Waals surface area contributed by atoms with E-state index in [1.165, 1.54) is 22.6 Å². The lowest BCUT2D eigenvalue weighted by Gasteiger charge is -2.26. The van der Waals surface area contributed by atoms with Crippen molar-refractivity contribution in [1.82, 2.24) is 14.1 Å². The van der Waals surface area contributed by atoms with Crippen LogP contribution < -0.4 is 10.9 Å². The molecule has 0 atom stereocenters. The Morgan fingerprint density at radius 1 is 1.28 bits per heavy atom. The van der Waals surface area contributed by atoms with Crippen molar-refractivity contribution in [2.24, 2.45) is 0 Å². The van der Waals surface area contributed by atoms with E-state index in [0.717, 1.165) is 4.68 Å². The van der Waals surface area contributed by atoms with E-state index in [4.69, 9.17) is 27.9 Å². The number of morpholine rings is 1. The highest BCUT2D eigenvalue weighted by Crippen LogP contribution is 2.23. The molecule has 9 nitrogen and oxygen atoms in total. The minimum Gasteiger partial charge on any atom is -0.379 e. The van der Waals surface area contributed by atoms with Crippen molar-refractivity contribution in [3.63, 3.8) is 0 Å². The van der Waals surface area contributed by atoms with Crippen LogP contribution in [0, 0.1) is 6.92 Å². The van der Waals surface area contributed by atoms with Crippen LogP contribution in [0.15, 0.2) is 34.1 Å². The SMILES string of the molecule is Cc1ccc(S(=O)(=O)N2CCOCC2)cc1NC(=O)Cn1ncc(Cl)c(Cl)c1=O. The Hall–Kier alpha value is -1.98. The van der Waals surface area contributed by atoms with Gasteiger partial charge in [0.25, 0.3) is 5.56 Å². The van der Waals surface area contributed by atoms with Crippen LogP contribution in [0.1, 0.15) is 5.56 Å². The molecule has 12 heteroatoms. The van der Waals surface area contributed by atoms with Crippen LogP contribution in [0.5, 0.6) is 0 Å². The molecule has 2 aromatic rings. The topological polar surface area (TPSA) is 111 Å². The summed E-state index contributed by atoms with van der Waals surface area (Å²) in [7, 11) is -3.71. The Morgan fingerprint density at radius 2 is 1.97 bits per heavy atom. The summed E-state index contributed by atoms with van der Waals surface area (Å²) in [4.78, 5) is 24.5. The van der Waals surface area contributed by atoms with E-state index in [9.17, 15) is 18.0 Å². The minimum absolute atomic E-state index is 0.00908. The summed E-state index contributed by atoms with van der Waals surface area (Å²) in [6, 6.07) is 4.48. The van der Waals surface area contributed by atoms with Gasteiger partial charge in [0.15, 0.2) is 0 Å². The molecule has 1 aliphatic heterocycles. The number of ether oxygens (including phenoxy) is 1. The number of anilines is 1. The van der Waals surface area contributed by atoms with Gasteiger partial charge in [-0.1, -0.05) is 29.3 Å². The van der Waals surface area contributed by atoms with Crippen LogP contribution in [0.2, 0.25) is 10.0 Å². The van der Waals surface area contributed by atoms with Crippen LogP contribution in [0.4, 0.5) is 5.69 Å². The van der Waals surface area contributed by atoms with Gasteiger partial charge in [-0.15, -0.1) is 0 Å². The number of rotatable bonds is 5. The Labute approximate surface area is 177 Å².